The maximum atomic E-state index is 13.8. The molecule has 2 N–H and O–H groups in total. The highest BCUT2D eigenvalue weighted by atomic mass is 16.4. The highest BCUT2D eigenvalue weighted by molar-refractivity contribution is 6.36. The number of hydrogen-bond donors (Lipinski definition) is 2. The zero-order valence-electron chi connectivity index (χ0n) is 33.9. The van der Waals surface area contributed by atoms with E-state index in [0.29, 0.717) is 11.1 Å². The zero-order valence-corrected chi connectivity index (χ0v) is 33.9. The fraction of sp³-hybridized carbons (Fsp3) is 0.0577. The fourth-order valence-corrected chi connectivity index (χ4v) is 8.21. The molecular weight excluding hydrogens is 797 g/mol. The molecule has 0 unspecified atom stereocenters. The van der Waals surface area contributed by atoms with Crippen LogP contribution >= 0.6 is 0 Å². The summed E-state index contributed by atoms with van der Waals surface area (Å²) in [4.78, 5) is 95.5. The summed E-state index contributed by atoms with van der Waals surface area (Å²) in [7, 11) is 0. The van der Waals surface area contributed by atoms with Crippen molar-refractivity contribution in [2.75, 3.05) is 9.80 Å². The third kappa shape index (κ3) is 6.77. The van der Waals surface area contributed by atoms with Crippen LogP contribution in [0.5, 0.6) is 0 Å². The van der Waals surface area contributed by atoms with Crippen molar-refractivity contribution in [3.05, 3.63) is 190 Å². The first kappa shape index (κ1) is 39.9. The molecule has 2 heterocycles. The Morgan fingerprint density at radius 2 is 0.794 bits per heavy atom. The lowest BCUT2D eigenvalue weighted by molar-refractivity contribution is 0.0686. The minimum Gasteiger partial charge on any atom is -0.478 e. The van der Waals surface area contributed by atoms with E-state index in [1.165, 1.54) is 67.6 Å². The monoisotopic (exact) mass is 830 g/mol. The van der Waals surface area contributed by atoms with Gasteiger partial charge in [0, 0.05) is 11.1 Å². The average molecular weight is 831 g/mol. The maximum absolute atomic E-state index is 13.8. The number of Topliss-reactive ketones (excluding diaryl/α,β-unsaturated/α-hetero) is 1. The molecule has 2 aliphatic heterocycles. The molecular formula is C52H34N2O9. The van der Waals surface area contributed by atoms with E-state index in [0.717, 1.165) is 37.6 Å². The number of ketones is 1. The highest BCUT2D eigenvalue weighted by Crippen LogP contribution is 2.39. The largest absolute Gasteiger partial charge is 0.478 e. The molecule has 0 radical (unpaired) electrons. The van der Waals surface area contributed by atoms with E-state index in [-0.39, 0.29) is 61.4 Å². The number of benzene rings is 7. The summed E-state index contributed by atoms with van der Waals surface area (Å²) in [5.74, 6) is -5.74. The Morgan fingerprint density at radius 3 is 1.30 bits per heavy atom. The zero-order chi connectivity index (χ0) is 44.4. The number of imide groups is 2. The molecule has 0 spiro atoms. The Kier molecular flexibility index (Phi) is 9.59. The fourth-order valence-electron chi connectivity index (χ4n) is 8.21. The van der Waals surface area contributed by atoms with Gasteiger partial charge in [-0.3, -0.25) is 24.0 Å². The lowest BCUT2D eigenvalue weighted by atomic mass is 9.88. The molecule has 4 amide bonds. The summed E-state index contributed by atoms with van der Waals surface area (Å²) >= 11 is 0. The summed E-state index contributed by atoms with van der Waals surface area (Å²) in [6, 6.07) is 38.2. The van der Waals surface area contributed by atoms with Crippen molar-refractivity contribution in [1.29, 1.82) is 0 Å². The smallest absolute Gasteiger partial charge is 0.337 e. The highest BCUT2D eigenvalue weighted by Gasteiger charge is 2.40. The number of amides is 4. The first-order chi connectivity index (χ1) is 30.2. The summed E-state index contributed by atoms with van der Waals surface area (Å²) in [5.41, 5.74) is 6.24. The van der Waals surface area contributed by atoms with Crippen LogP contribution in [-0.4, -0.2) is 51.6 Å². The predicted octanol–water partition coefficient (Wildman–Crippen LogP) is 10.2. The van der Waals surface area contributed by atoms with Crippen molar-refractivity contribution in [2.45, 2.75) is 20.8 Å². The third-order valence-corrected chi connectivity index (χ3v) is 11.5. The van der Waals surface area contributed by atoms with Gasteiger partial charge < -0.3 is 10.2 Å². The number of carbonyl (C=O) groups excluding carboxylic acids is 5. The van der Waals surface area contributed by atoms with Gasteiger partial charge >= 0.3 is 11.9 Å². The molecule has 0 aromatic heterocycles. The van der Waals surface area contributed by atoms with Gasteiger partial charge in [0.2, 0.25) is 0 Å². The summed E-state index contributed by atoms with van der Waals surface area (Å²) in [5, 5.41) is 20.9. The Bertz CT molecular complexity index is 3150. The van der Waals surface area contributed by atoms with Crippen LogP contribution in [-0.2, 0) is 0 Å². The van der Waals surface area contributed by atoms with Crippen molar-refractivity contribution in [3.8, 4) is 44.5 Å². The normalized spacial score (nSPS) is 13.1. The SMILES string of the molecule is CC(=O)c1cc(-c2ccc(N3C(=O)c4ccc(-c5ccc(C)cc5)cc4C3=O)c(C(=O)O)c2)cc(C(=O)O)c1-c1ccc(N2C(=O)c3ccc(-c4ccc(C)cc4)cc3C2=O)cc1. The molecule has 0 fully saturated rings. The van der Waals surface area contributed by atoms with Gasteiger partial charge in [-0.1, -0.05) is 90.0 Å². The number of hydrogen-bond acceptors (Lipinski definition) is 7. The molecule has 0 saturated heterocycles. The van der Waals surface area contributed by atoms with Gasteiger partial charge in [-0.15, -0.1) is 0 Å². The third-order valence-electron chi connectivity index (χ3n) is 11.5. The van der Waals surface area contributed by atoms with Crippen LogP contribution in [0, 0.1) is 13.8 Å². The van der Waals surface area contributed by atoms with Crippen molar-refractivity contribution >= 4 is 52.7 Å². The van der Waals surface area contributed by atoms with E-state index < -0.39 is 46.9 Å². The van der Waals surface area contributed by atoms with Gasteiger partial charge in [0.15, 0.2) is 5.78 Å². The second kappa shape index (κ2) is 15.2. The van der Waals surface area contributed by atoms with Gasteiger partial charge in [-0.05, 0) is 120 Å². The van der Waals surface area contributed by atoms with Crippen molar-refractivity contribution < 1.29 is 43.8 Å². The molecule has 11 nitrogen and oxygen atoms in total. The average Bonchev–Trinajstić information content (AvgIpc) is 3.68. The molecule has 9 rings (SSSR count). The molecule has 7 aromatic carbocycles. The van der Waals surface area contributed by atoms with Gasteiger partial charge in [0.05, 0.1) is 44.8 Å². The number of carbonyl (C=O) groups is 7. The quantitative estimate of drug-likeness (QED) is 0.106. The lowest BCUT2D eigenvalue weighted by Gasteiger charge is -2.19. The summed E-state index contributed by atoms with van der Waals surface area (Å²) in [6.07, 6.45) is 0. The van der Waals surface area contributed by atoms with Crippen LogP contribution in [0.4, 0.5) is 11.4 Å². The Balaban J connectivity index is 1.04. The first-order valence-corrected chi connectivity index (χ1v) is 19.8. The van der Waals surface area contributed by atoms with Crippen molar-refractivity contribution in [1.82, 2.24) is 0 Å². The van der Waals surface area contributed by atoms with Gasteiger partial charge in [-0.25, -0.2) is 19.4 Å². The topological polar surface area (TPSA) is 166 Å². The second-order valence-electron chi connectivity index (χ2n) is 15.5. The number of carboxylic acids is 2. The number of carboxylic acid groups (broad SMARTS) is 2. The second-order valence-corrected chi connectivity index (χ2v) is 15.5. The maximum Gasteiger partial charge on any atom is 0.337 e. The molecule has 0 bridgehead atoms. The summed E-state index contributed by atoms with van der Waals surface area (Å²) < 4.78 is 0. The molecule has 7 aromatic rings. The van der Waals surface area contributed by atoms with Gasteiger partial charge in [-0.2, -0.15) is 0 Å². The van der Waals surface area contributed by atoms with Crippen molar-refractivity contribution in [3.63, 3.8) is 0 Å². The van der Waals surface area contributed by atoms with Crippen LogP contribution in [0.1, 0.15) is 90.6 Å². The molecule has 0 saturated carbocycles. The number of anilines is 2. The van der Waals surface area contributed by atoms with E-state index in [2.05, 4.69) is 0 Å². The first-order valence-electron chi connectivity index (χ1n) is 19.8. The molecule has 63 heavy (non-hydrogen) atoms. The van der Waals surface area contributed by atoms with Crippen LogP contribution in [0.25, 0.3) is 44.5 Å². The summed E-state index contributed by atoms with van der Waals surface area (Å²) in [6.45, 7) is 5.19. The number of rotatable bonds is 9. The standard InChI is InChI=1S/C52H34N2O9/c1-27-4-8-30(9-5-27)33-14-19-38-41(22-33)49(58)53(47(38)56)37-17-12-32(13-18-37)46-40(29(3)55)25-36(26-44(46)52(62)63)35-16-21-45(43(24-35)51(60)61)54-48(57)39-20-15-34(23-42(39)50(54)59)31-10-6-28(2)7-11-31/h4-26H,1-3H3,(H,60,61)(H,62,63). The Labute approximate surface area is 360 Å². The van der Waals surface area contributed by atoms with E-state index in [4.69, 9.17) is 0 Å². The van der Waals surface area contributed by atoms with Crippen LogP contribution in [0.3, 0.4) is 0 Å². The van der Waals surface area contributed by atoms with Gasteiger partial charge in [0.1, 0.15) is 0 Å². The molecule has 2 aliphatic rings. The van der Waals surface area contributed by atoms with Crippen molar-refractivity contribution in [2.24, 2.45) is 0 Å². The molecule has 0 atom stereocenters. The predicted molar refractivity (Wildman–Crippen MR) is 237 cm³/mol. The lowest BCUT2D eigenvalue weighted by Crippen LogP contribution is -2.31. The van der Waals surface area contributed by atoms with E-state index in [1.54, 1.807) is 30.3 Å². The van der Waals surface area contributed by atoms with Crippen LogP contribution in [0.2, 0.25) is 0 Å². The van der Waals surface area contributed by atoms with Crippen LogP contribution in [0.15, 0.2) is 140 Å². The number of aryl methyl sites for hydroxylation is 2. The number of nitrogens with zero attached hydrogens (tertiary/aromatic N) is 2. The Hall–Kier alpha value is -8.57. The van der Waals surface area contributed by atoms with E-state index in [1.807, 2.05) is 62.4 Å². The molecule has 306 valence electrons. The number of fused-ring (bicyclic) bond motifs is 2. The minimum absolute atomic E-state index is 0.00713. The minimum atomic E-state index is -1.45. The number of aromatic carboxylic acids is 2. The van der Waals surface area contributed by atoms with E-state index >= 15 is 0 Å². The molecule has 11 heteroatoms. The Morgan fingerprint density at radius 1 is 0.397 bits per heavy atom. The van der Waals surface area contributed by atoms with E-state index in [9.17, 15) is 43.8 Å². The molecule has 0 aliphatic carbocycles. The van der Waals surface area contributed by atoms with Crippen LogP contribution < -0.4 is 9.80 Å². The van der Waals surface area contributed by atoms with Gasteiger partial charge in [0.25, 0.3) is 23.6 Å².